The highest BCUT2D eigenvalue weighted by atomic mass is 35.5. The zero-order valence-electron chi connectivity index (χ0n) is 12.3. The molecule has 0 N–H and O–H groups in total. The van der Waals surface area contributed by atoms with Crippen molar-refractivity contribution in [3.8, 4) is 0 Å². The van der Waals surface area contributed by atoms with E-state index in [1.165, 1.54) is 5.56 Å². The standard InChI is InChI=1S/C18H15Cl3N2/c19-16-4-1-13(2-5-16)15(11-23-8-7-22-12-23)9-14-3-6-17(20)10-18(14)21/h1-8,10,12,15H,9,11H2. The predicted molar refractivity (Wildman–Crippen MR) is 96.6 cm³/mol. The third kappa shape index (κ3) is 4.29. The molecule has 0 bridgehead atoms. The maximum absolute atomic E-state index is 6.34. The van der Waals surface area contributed by atoms with Crippen LogP contribution in [0, 0.1) is 0 Å². The lowest BCUT2D eigenvalue weighted by Gasteiger charge is -2.19. The summed E-state index contributed by atoms with van der Waals surface area (Å²) in [7, 11) is 0. The maximum Gasteiger partial charge on any atom is 0.0946 e. The van der Waals surface area contributed by atoms with E-state index in [1.54, 1.807) is 12.3 Å². The van der Waals surface area contributed by atoms with Gasteiger partial charge < -0.3 is 4.57 Å². The Bertz CT molecular complexity index is 767. The molecular formula is C18H15Cl3N2. The molecule has 1 aromatic heterocycles. The Balaban J connectivity index is 1.89. The van der Waals surface area contributed by atoms with Crippen LogP contribution in [0.5, 0.6) is 0 Å². The predicted octanol–water partition coefficient (Wildman–Crippen LogP) is 5.87. The third-order valence-corrected chi connectivity index (χ3v) is 4.65. The van der Waals surface area contributed by atoms with Gasteiger partial charge in [0.1, 0.15) is 0 Å². The van der Waals surface area contributed by atoms with Crippen LogP contribution in [0.25, 0.3) is 0 Å². The molecule has 2 nitrogen and oxygen atoms in total. The van der Waals surface area contributed by atoms with Crippen molar-refractivity contribution in [2.75, 3.05) is 0 Å². The lowest BCUT2D eigenvalue weighted by molar-refractivity contribution is 0.556. The molecule has 0 aliphatic rings. The van der Waals surface area contributed by atoms with E-state index in [4.69, 9.17) is 34.8 Å². The zero-order chi connectivity index (χ0) is 16.2. The monoisotopic (exact) mass is 364 g/mol. The molecule has 0 fully saturated rings. The molecule has 0 saturated heterocycles. The molecule has 0 amide bonds. The van der Waals surface area contributed by atoms with Crippen LogP contribution in [-0.4, -0.2) is 9.55 Å². The summed E-state index contributed by atoms with van der Waals surface area (Å²) in [5, 5.41) is 2.08. The van der Waals surface area contributed by atoms with Crippen molar-refractivity contribution >= 4 is 34.8 Å². The van der Waals surface area contributed by atoms with Crippen LogP contribution in [-0.2, 0) is 13.0 Å². The molecule has 1 unspecified atom stereocenters. The molecule has 0 aliphatic heterocycles. The topological polar surface area (TPSA) is 17.8 Å². The Morgan fingerprint density at radius 1 is 0.957 bits per heavy atom. The van der Waals surface area contributed by atoms with Crippen LogP contribution >= 0.6 is 34.8 Å². The molecule has 23 heavy (non-hydrogen) atoms. The van der Waals surface area contributed by atoms with Crippen molar-refractivity contribution in [3.63, 3.8) is 0 Å². The molecule has 1 atom stereocenters. The number of imidazole rings is 1. The summed E-state index contributed by atoms with van der Waals surface area (Å²) in [4.78, 5) is 4.12. The van der Waals surface area contributed by atoms with Gasteiger partial charge in [0, 0.05) is 39.9 Å². The van der Waals surface area contributed by atoms with Gasteiger partial charge in [-0.2, -0.15) is 0 Å². The van der Waals surface area contributed by atoms with Crippen LogP contribution in [0.3, 0.4) is 0 Å². The summed E-state index contributed by atoms with van der Waals surface area (Å²) >= 11 is 18.3. The van der Waals surface area contributed by atoms with Crippen molar-refractivity contribution < 1.29 is 0 Å². The van der Waals surface area contributed by atoms with Gasteiger partial charge in [-0.05, 0) is 41.8 Å². The van der Waals surface area contributed by atoms with Crippen molar-refractivity contribution in [3.05, 3.63) is 87.4 Å². The average Bonchev–Trinajstić information content (AvgIpc) is 3.03. The number of aromatic nitrogens is 2. The second-order valence-electron chi connectivity index (χ2n) is 5.45. The number of halogens is 3. The van der Waals surface area contributed by atoms with Crippen LogP contribution in [0.15, 0.2) is 61.2 Å². The number of hydrogen-bond acceptors (Lipinski definition) is 1. The molecular weight excluding hydrogens is 351 g/mol. The van der Waals surface area contributed by atoms with Crippen LogP contribution in [0.2, 0.25) is 15.1 Å². The van der Waals surface area contributed by atoms with Gasteiger partial charge in [0.2, 0.25) is 0 Å². The average molecular weight is 366 g/mol. The summed E-state index contributed by atoms with van der Waals surface area (Å²) < 4.78 is 2.07. The molecule has 0 saturated carbocycles. The Labute approximate surface area is 150 Å². The molecule has 5 heteroatoms. The molecule has 0 spiro atoms. The second-order valence-corrected chi connectivity index (χ2v) is 6.73. The molecule has 1 heterocycles. The lowest BCUT2D eigenvalue weighted by atomic mass is 9.92. The van der Waals surface area contributed by atoms with Gasteiger partial charge in [0.05, 0.1) is 6.33 Å². The fourth-order valence-corrected chi connectivity index (χ4v) is 3.24. The van der Waals surface area contributed by atoms with E-state index >= 15 is 0 Å². The minimum absolute atomic E-state index is 0.264. The molecule has 0 aliphatic carbocycles. The van der Waals surface area contributed by atoms with Crippen molar-refractivity contribution in [1.29, 1.82) is 0 Å². The summed E-state index contributed by atoms with van der Waals surface area (Å²) in [6.07, 6.45) is 6.39. The van der Waals surface area contributed by atoms with Gasteiger partial charge in [0.15, 0.2) is 0 Å². The highest BCUT2D eigenvalue weighted by Crippen LogP contribution is 2.29. The highest BCUT2D eigenvalue weighted by molar-refractivity contribution is 6.35. The van der Waals surface area contributed by atoms with Gasteiger partial charge in [-0.25, -0.2) is 4.98 Å². The highest BCUT2D eigenvalue weighted by Gasteiger charge is 2.15. The Kier molecular flexibility index (Phi) is 5.27. The first-order valence-corrected chi connectivity index (χ1v) is 8.40. The SMILES string of the molecule is Clc1ccc(C(Cc2ccc(Cl)cc2Cl)Cn2ccnc2)cc1. The van der Waals surface area contributed by atoms with Gasteiger partial charge in [-0.3, -0.25) is 0 Å². The van der Waals surface area contributed by atoms with E-state index in [1.807, 2.05) is 36.8 Å². The van der Waals surface area contributed by atoms with Gasteiger partial charge >= 0.3 is 0 Å². The zero-order valence-corrected chi connectivity index (χ0v) is 14.6. The molecule has 0 radical (unpaired) electrons. The fraction of sp³-hybridized carbons (Fsp3) is 0.167. The van der Waals surface area contributed by atoms with Crippen LogP contribution in [0.4, 0.5) is 0 Å². The Hall–Kier alpha value is -1.48. The van der Waals surface area contributed by atoms with E-state index in [0.29, 0.717) is 10.0 Å². The van der Waals surface area contributed by atoms with Gasteiger partial charge in [-0.1, -0.05) is 53.0 Å². The number of benzene rings is 2. The second kappa shape index (κ2) is 7.39. The smallest absolute Gasteiger partial charge is 0.0946 e. The molecule has 3 aromatic rings. The van der Waals surface area contributed by atoms with E-state index in [0.717, 1.165) is 23.6 Å². The van der Waals surface area contributed by atoms with Gasteiger partial charge in [-0.15, -0.1) is 0 Å². The summed E-state index contributed by atoms with van der Waals surface area (Å²) in [6, 6.07) is 13.6. The normalized spacial score (nSPS) is 12.3. The summed E-state index contributed by atoms with van der Waals surface area (Å²) in [6.45, 7) is 0.820. The van der Waals surface area contributed by atoms with E-state index in [9.17, 15) is 0 Å². The minimum atomic E-state index is 0.264. The van der Waals surface area contributed by atoms with Gasteiger partial charge in [0.25, 0.3) is 0 Å². The summed E-state index contributed by atoms with van der Waals surface area (Å²) in [5.41, 5.74) is 2.30. The first-order valence-electron chi connectivity index (χ1n) is 7.27. The largest absolute Gasteiger partial charge is 0.337 e. The first-order chi connectivity index (χ1) is 11.1. The van der Waals surface area contributed by atoms with E-state index in [2.05, 4.69) is 21.7 Å². The van der Waals surface area contributed by atoms with Crippen LogP contribution < -0.4 is 0 Å². The van der Waals surface area contributed by atoms with Crippen molar-refractivity contribution in [1.82, 2.24) is 9.55 Å². The number of nitrogens with zero attached hydrogens (tertiary/aromatic N) is 2. The maximum atomic E-state index is 6.34. The quantitative estimate of drug-likeness (QED) is 0.553. The Morgan fingerprint density at radius 2 is 1.70 bits per heavy atom. The van der Waals surface area contributed by atoms with Crippen molar-refractivity contribution in [2.24, 2.45) is 0 Å². The molecule has 3 rings (SSSR count). The number of rotatable bonds is 5. The van der Waals surface area contributed by atoms with Crippen LogP contribution in [0.1, 0.15) is 17.0 Å². The van der Waals surface area contributed by atoms with E-state index < -0.39 is 0 Å². The summed E-state index contributed by atoms with van der Waals surface area (Å²) in [5.74, 6) is 0.264. The first kappa shape index (κ1) is 16.4. The lowest BCUT2D eigenvalue weighted by Crippen LogP contribution is -2.11. The number of hydrogen-bond donors (Lipinski definition) is 0. The van der Waals surface area contributed by atoms with Crippen molar-refractivity contribution in [2.45, 2.75) is 18.9 Å². The minimum Gasteiger partial charge on any atom is -0.337 e. The third-order valence-electron chi connectivity index (χ3n) is 3.81. The fourth-order valence-electron chi connectivity index (χ4n) is 2.62. The molecule has 2 aromatic carbocycles. The Morgan fingerprint density at radius 3 is 2.35 bits per heavy atom. The molecule has 118 valence electrons. The van der Waals surface area contributed by atoms with E-state index in [-0.39, 0.29) is 5.92 Å².